The van der Waals surface area contributed by atoms with E-state index in [1.165, 1.54) is 0 Å². The van der Waals surface area contributed by atoms with Gasteiger partial charge in [0.25, 0.3) is 0 Å². The third kappa shape index (κ3) is 1.02. The van der Waals surface area contributed by atoms with Gasteiger partial charge in [0.2, 0.25) is 0 Å². The number of allylic oxidation sites excluding steroid dienone is 2. The number of rotatable bonds is 0. The SMILES string of the molecule is ClC1=C(Cl)[C@]2(Cl)[C@@H]3[C@H]4O[C@H]4C(Cl)[C@@H]3[C@@]1(Cl)C2(Cl)Cl. The van der Waals surface area contributed by atoms with Gasteiger partial charge in [0.15, 0.2) is 4.33 Å². The van der Waals surface area contributed by atoms with Crippen LogP contribution in [0.2, 0.25) is 0 Å². The first-order valence-corrected chi connectivity index (χ1v) is 8.02. The summed E-state index contributed by atoms with van der Waals surface area (Å²) in [4.78, 5) is -2.48. The normalized spacial score (nSPS) is 63.2. The van der Waals surface area contributed by atoms with Crippen LogP contribution in [-0.2, 0) is 4.74 Å². The van der Waals surface area contributed by atoms with E-state index in [4.69, 9.17) is 85.9 Å². The molecular weight excluding hydrogens is 384 g/mol. The van der Waals surface area contributed by atoms with Crippen LogP contribution >= 0.6 is 81.2 Å². The lowest BCUT2D eigenvalue weighted by atomic mass is 9.83. The number of ether oxygens (including phenoxy) is 1. The van der Waals surface area contributed by atoms with Crippen LogP contribution < -0.4 is 0 Å². The number of hydrogen-bond acceptors (Lipinski definition) is 1. The summed E-state index contributed by atoms with van der Waals surface area (Å²) in [5.74, 6) is -0.457. The van der Waals surface area contributed by atoms with Crippen LogP contribution in [0.1, 0.15) is 0 Å². The van der Waals surface area contributed by atoms with Gasteiger partial charge in [-0.3, -0.25) is 0 Å². The highest BCUT2D eigenvalue weighted by Gasteiger charge is 2.89. The molecule has 1 nitrogen and oxygen atoms in total. The maximum atomic E-state index is 6.65. The van der Waals surface area contributed by atoms with Crippen molar-refractivity contribution in [1.82, 2.24) is 0 Å². The van der Waals surface area contributed by atoms with Crippen LogP contribution in [0.25, 0.3) is 0 Å². The third-order valence-corrected chi connectivity index (χ3v) is 9.44. The van der Waals surface area contributed by atoms with E-state index in [9.17, 15) is 0 Å². The van der Waals surface area contributed by atoms with Gasteiger partial charge < -0.3 is 4.74 Å². The summed E-state index contributed by atoms with van der Waals surface area (Å²) in [7, 11) is 0. The van der Waals surface area contributed by atoms with E-state index in [1.54, 1.807) is 0 Å². The largest absolute Gasteiger partial charge is 0.368 e. The predicted octanol–water partition coefficient (Wildman–Crippen LogP) is 4.45. The summed E-state index contributed by atoms with van der Waals surface area (Å²) in [6.07, 6.45) is -0.152. The average Bonchev–Trinajstić information content (AvgIpc) is 2.98. The highest BCUT2D eigenvalue weighted by molar-refractivity contribution is 6.66. The molecule has 100 valence electrons. The maximum Gasteiger partial charge on any atom is 0.166 e. The lowest BCUT2D eigenvalue weighted by Crippen LogP contribution is -2.46. The van der Waals surface area contributed by atoms with E-state index >= 15 is 0 Å². The monoisotopic (exact) mass is 386 g/mol. The smallest absolute Gasteiger partial charge is 0.166 e. The zero-order chi connectivity index (χ0) is 13.2. The Hall–Kier alpha value is 1.73. The van der Waals surface area contributed by atoms with Crippen molar-refractivity contribution in [3.8, 4) is 0 Å². The van der Waals surface area contributed by atoms with Crippen molar-refractivity contribution in [3.05, 3.63) is 10.1 Å². The zero-order valence-electron chi connectivity index (χ0n) is 8.44. The standard InChI is InChI=1S/C10H5Cl7O/c11-3-1-2(4-5(3)18-4)9(15)7(13)6(12)8(1,14)10(9,16)17/h1-5H/t1-,2+,3?,4-,5+,8+,9-/m1/s1. The minimum absolute atomic E-state index is 0.0608. The summed E-state index contributed by atoms with van der Waals surface area (Å²) < 4.78 is 4.00. The van der Waals surface area contributed by atoms with Crippen molar-refractivity contribution in [2.24, 2.45) is 11.8 Å². The van der Waals surface area contributed by atoms with Gasteiger partial charge in [0, 0.05) is 11.8 Å². The molecule has 0 aromatic carbocycles. The Balaban J connectivity index is 2.01. The minimum atomic E-state index is -1.50. The number of halogens is 7. The van der Waals surface area contributed by atoms with Crippen molar-refractivity contribution in [2.75, 3.05) is 0 Å². The van der Waals surface area contributed by atoms with Crippen molar-refractivity contribution in [1.29, 1.82) is 0 Å². The van der Waals surface area contributed by atoms with Crippen LogP contribution in [0, 0.1) is 11.8 Å². The molecule has 1 unspecified atom stereocenters. The molecule has 3 aliphatic carbocycles. The van der Waals surface area contributed by atoms with Gasteiger partial charge in [0.05, 0.1) is 21.5 Å². The van der Waals surface area contributed by atoms with E-state index < -0.39 is 14.1 Å². The molecule has 7 atom stereocenters. The molecule has 4 aliphatic rings. The Morgan fingerprint density at radius 3 is 1.89 bits per heavy atom. The Morgan fingerprint density at radius 1 is 0.833 bits per heavy atom. The number of epoxide rings is 1. The molecule has 0 aromatic rings. The fourth-order valence-corrected chi connectivity index (χ4v) is 7.49. The van der Waals surface area contributed by atoms with Crippen molar-refractivity contribution in [3.63, 3.8) is 0 Å². The lowest BCUT2D eigenvalue weighted by molar-refractivity contribution is 0.204. The number of hydrogen-bond donors (Lipinski definition) is 0. The fourth-order valence-electron chi connectivity index (χ4n) is 3.80. The first kappa shape index (κ1) is 13.4. The Labute approximate surface area is 139 Å². The van der Waals surface area contributed by atoms with Crippen LogP contribution in [0.15, 0.2) is 10.1 Å². The van der Waals surface area contributed by atoms with Crippen LogP contribution in [-0.4, -0.2) is 31.7 Å². The molecule has 18 heavy (non-hydrogen) atoms. The second kappa shape index (κ2) is 3.38. The van der Waals surface area contributed by atoms with Crippen LogP contribution in [0.4, 0.5) is 0 Å². The molecular formula is C10H5Cl7O. The van der Waals surface area contributed by atoms with E-state index in [1.807, 2.05) is 0 Å². The summed E-state index contributed by atoms with van der Waals surface area (Å²) >= 11 is 45.0. The Kier molecular flexibility index (Phi) is 2.52. The summed E-state index contributed by atoms with van der Waals surface area (Å²) in [6.45, 7) is 0. The molecule has 0 aromatic heterocycles. The van der Waals surface area contributed by atoms with Gasteiger partial charge in [-0.15, -0.1) is 34.8 Å². The quantitative estimate of drug-likeness (QED) is 0.441. The van der Waals surface area contributed by atoms with E-state index in [0.29, 0.717) is 0 Å². The molecule has 3 fully saturated rings. The number of alkyl halides is 5. The Bertz CT molecular complexity index is 476. The molecule has 0 N–H and O–H groups in total. The molecule has 0 amide bonds. The Morgan fingerprint density at radius 2 is 1.33 bits per heavy atom. The number of fused-ring (bicyclic) bond motifs is 7. The lowest BCUT2D eigenvalue weighted by Gasteiger charge is -2.35. The summed E-state index contributed by atoms with van der Waals surface area (Å²) in [5.41, 5.74) is 0. The third-order valence-electron chi connectivity index (χ3n) is 4.62. The predicted molar refractivity (Wildman–Crippen MR) is 75.6 cm³/mol. The van der Waals surface area contributed by atoms with Gasteiger partial charge in [-0.2, -0.15) is 0 Å². The summed E-state index contributed by atoms with van der Waals surface area (Å²) in [5, 5.41) is 0.111. The molecule has 2 bridgehead atoms. The van der Waals surface area contributed by atoms with Gasteiger partial charge in [-0.1, -0.05) is 46.4 Å². The topological polar surface area (TPSA) is 12.5 Å². The molecule has 4 rings (SSSR count). The van der Waals surface area contributed by atoms with Crippen LogP contribution in [0.3, 0.4) is 0 Å². The second-order valence-corrected chi connectivity index (χ2v) is 8.97. The molecule has 2 saturated carbocycles. The van der Waals surface area contributed by atoms with Crippen LogP contribution in [0.5, 0.6) is 0 Å². The van der Waals surface area contributed by atoms with E-state index in [0.717, 1.165) is 0 Å². The minimum Gasteiger partial charge on any atom is -0.368 e. The van der Waals surface area contributed by atoms with Crippen molar-refractivity contribution < 1.29 is 4.74 Å². The highest BCUT2D eigenvalue weighted by atomic mass is 35.5. The van der Waals surface area contributed by atoms with Gasteiger partial charge in [-0.05, 0) is 0 Å². The van der Waals surface area contributed by atoms with Gasteiger partial charge in [0.1, 0.15) is 15.9 Å². The fraction of sp³-hybridized carbons (Fsp3) is 0.800. The molecule has 0 spiro atoms. The van der Waals surface area contributed by atoms with Crippen molar-refractivity contribution in [2.45, 2.75) is 31.7 Å². The van der Waals surface area contributed by atoms with E-state index in [2.05, 4.69) is 0 Å². The molecule has 0 radical (unpaired) electrons. The second-order valence-electron chi connectivity index (χ2n) is 5.19. The van der Waals surface area contributed by atoms with Gasteiger partial charge >= 0.3 is 0 Å². The molecule has 8 heteroatoms. The summed E-state index contributed by atoms with van der Waals surface area (Å²) in [6, 6.07) is 0. The molecule has 1 saturated heterocycles. The van der Waals surface area contributed by atoms with Gasteiger partial charge in [-0.25, -0.2) is 0 Å². The molecule has 1 aliphatic heterocycles. The first-order valence-electron chi connectivity index (χ1n) is 5.32. The average molecular weight is 389 g/mol. The maximum absolute atomic E-state index is 6.65. The van der Waals surface area contributed by atoms with E-state index in [-0.39, 0.29) is 39.5 Å². The molecule has 1 heterocycles. The highest BCUT2D eigenvalue weighted by Crippen LogP contribution is 2.81. The first-order chi connectivity index (χ1) is 8.20. The zero-order valence-corrected chi connectivity index (χ0v) is 13.7. The van der Waals surface area contributed by atoms with Crippen molar-refractivity contribution >= 4 is 81.2 Å².